The normalized spacial score (nSPS) is 12.0. The fourth-order valence-corrected chi connectivity index (χ4v) is 3.11. The number of nitrogens with zero attached hydrogens (tertiary/aromatic N) is 2. The summed E-state index contributed by atoms with van der Waals surface area (Å²) < 4.78 is 23.7. The molecule has 0 fully saturated rings. The first-order chi connectivity index (χ1) is 12.5. The number of hydrogen-bond donors (Lipinski definition) is 0. The molecule has 0 saturated heterocycles. The quantitative estimate of drug-likeness (QED) is 0.458. The molecule has 2 aromatic carbocycles. The van der Waals surface area contributed by atoms with Gasteiger partial charge >= 0.3 is 0 Å². The Balaban J connectivity index is 1.61. The number of halogens is 1. The van der Waals surface area contributed by atoms with Crippen molar-refractivity contribution in [2.75, 3.05) is 7.11 Å². The van der Waals surface area contributed by atoms with Gasteiger partial charge in [-0.25, -0.2) is 4.39 Å². The maximum Gasteiger partial charge on any atom is 0.277 e. The van der Waals surface area contributed by atoms with E-state index in [1.165, 1.54) is 36.0 Å². The van der Waals surface area contributed by atoms with Gasteiger partial charge in [0, 0.05) is 5.56 Å². The molecule has 0 N–H and O–H groups in total. The van der Waals surface area contributed by atoms with E-state index in [-0.39, 0.29) is 11.6 Å². The van der Waals surface area contributed by atoms with Crippen LogP contribution in [0.15, 0.2) is 58.2 Å². The Kier molecular flexibility index (Phi) is 5.68. The van der Waals surface area contributed by atoms with Gasteiger partial charge in [0.1, 0.15) is 11.6 Å². The molecule has 7 heteroatoms. The van der Waals surface area contributed by atoms with Crippen LogP contribution >= 0.6 is 11.8 Å². The molecule has 134 valence electrons. The number of benzene rings is 2. The average molecular weight is 372 g/mol. The van der Waals surface area contributed by atoms with Crippen LogP contribution in [-0.2, 0) is 6.42 Å². The fourth-order valence-electron chi connectivity index (χ4n) is 2.33. The first-order valence-corrected chi connectivity index (χ1v) is 8.85. The number of methoxy groups -OCH3 is 1. The topological polar surface area (TPSA) is 65.2 Å². The predicted molar refractivity (Wildman–Crippen MR) is 96.1 cm³/mol. The summed E-state index contributed by atoms with van der Waals surface area (Å²) in [6, 6.07) is 13.1. The molecule has 1 atom stereocenters. The van der Waals surface area contributed by atoms with Crippen LogP contribution in [0.3, 0.4) is 0 Å². The number of ketones is 1. The minimum absolute atomic E-state index is 0.120. The molecule has 0 spiro atoms. The minimum atomic E-state index is -0.422. The highest BCUT2D eigenvalue weighted by molar-refractivity contribution is 8.00. The minimum Gasteiger partial charge on any atom is -0.497 e. The lowest BCUT2D eigenvalue weighted by Gasteiger charge is -2.07. The van der Waals surface area contributed by atoms with Gasteiger partial charge in [0.25, 0.3) is 5.22 Å². The van der Waals surface area contributed by atoms with E-state index in [4.69, 9.17) is 9.15 Å². The first-order valence-electron chi connectivity index (χ1n) is 7.97. The standard InChI is InChI=1S/C19H17FN2O3S/c1-12(18(23)14-5-7-15(20)8-6-14)26-19-22-21-17(25-19)11-13-3-9-16(24-2)10-4-13/h3-10,12H,11H2,1-2H3. The van der Waals surface area contributed by atoms with Gasteiger partial charge in [-0.2, -0.15) is 0 Å². The second-order valence-corrected chi connectivity index (χ2v) is 6.91. The van der Waals surface area contributed by atoms with E-state index in [0.717, 1.165) is 11.3 Å². The van der Waals surface area contributed by atoms with Gasteiger partial charge in [-0.15, -0.1) is 10.2 Å². The van der Waals surface area contributed by atoms with E-state index < -0.39 is 5.25 Å². The van der Waals surface area contributed by atoms with Gasteiger partial charge in [-0.3, -0.25) is 4.79 Å². The highest BCUT2D eigenvalue weighted by Crippen LogP contribution is 2.25. The van der Waals surface area contributed by atoms with Crippen molar-refractivity contribution in [3.8, 4) is 5.75 Å². The van der Waals surface area contributed by atoms with Crippen LogP contribution < -0.4 is 4.74 Å². The number of carbonyl (C=O) groups is 1. The molecule has 0 aliphatic carbocycles. The molecule has 0 amide bonds. The van der Waals surface area contributed by atoms with Gasteiger partial charge in [-0.05, 0) is 48.9 Å². The van der Waals surface area contributed by atoms with Crippen LogP contribution in [0.5, 0.6) is 5.75 Å². The molecule has 5 nitrogen and oxygen atoms in total. The second kappa shape index (κ2) is 8.14. The third-order valence-electron chi connectivity index (χ3n) is 3.74. The van der Waals surface area contributed by atoms with Crippen molar-refractivity contribution in [1.29, 1.82) is 0 Å². The molecule has 0 aliphatic rings. The highest BCUT2D eigenvalue weighted by atomic mass is 32.2. The van der Waals surface area contributed by atoms with Crippen molar-refractivity contribution in [3.63, 3.8) is 0 Å². The van der Waals surface area contributed by atoms with Crippen LogP contribution in [0.2, 0.25) is 0 Å². The third kappa shape index (κ3) is 4.49. The molecule has 0 bridgehead atoms. The lowest BCUT2D eigenvalue weighted by Crippen LogP contribution is -2.13. The molecule has 1 heterocycles. The van der Waals surface area contributed by atoms with Crippen molar-refractivity contribution in [2.45, 2.75) is 23.8 Å². The van der Waals surface area contributed by atoms with Gasteiger partial charge in [0.05, 0.1) is 18.8 Å². The van der Waals surface area contributed by atoms with E-state index in [9.17, 15) is 9.18 Å². The SMILES string of the molecule is COc1ccc(Cc2nnc(SC(C)C(=O)c3ccc(F)cc3)o2)cc1. The summed E-state index contributed by atoms with van der Waals surface area (Å²) in [4.78, 5) is 12.4. The van der Waals surface area contributed by atoms with Crippen molar-refractivity contribution >= 4 is 17.5 Å². The lowest BCUT2D eigenvalue weighted by atomic mass is 10.1. The Morgan fingerprint density at radius 2 is 1.85 bits per heavy atom. The van der Waals surface area contributed by atoms with Gasteiger partial charge in [0.15, 0.2) is 5.78 Å². The van der Waals surface area contributed by atoms with Crippen LogP contribution in [0, 0.1) is 5.82 Å². The predicted octanol–water partition coefficient (Wildman–Crippen LogP) is 4.17. The van der Waals surface area contributed by atoms with E-state index in [1.807, 2.05) is 24.3 Å². The van der Waals surface area contributed by atoms with E-state index in [2.05, 4.69) is 10.2 Å². The number of carbonyl (C=O) groups excluding carboxylic acids is 1. The molecule has 1 aromatic heterocycles. The monoisotopic (exact) mass is 372 g/mol. The Morgan fingerprint density at radius 1 is 1.15 bits per heavy atom. The molecule has 0 radical (unpaired) electrons. The molecular formula is C19H17FN2O3S. The largest absolute Gasteiger partial charge is 0.497 e. The molecule has 0 saturated carbocycles. The third-order valence-corrected chi connectivity index (χ3v) is 4.67. The number of hydrogen-bond acceptors (Lipinski definition) is 6. The maximum absolute atomic E-state index is 13.0. The summed E-state index contributed by atoms with van der Waals surface area (Å²) >= 11 is 1.18. The number of thioether (sulfide) groups is 1. The second-order valence-electron chi connectivity index (χ2n) is 5.62. The fraction of sp³-hybridized carbons (Fsp3) is 0.211. The lowest BCUT2D eigenvalue weighted by molar-refractivity contribution is 0.0993. The van der Waals surface area contributed by atoms with Crippen molar-refractivity contribution in [1.82, 2.24) is 10.2 Å². The summed E-state index contributed by atoms with van der Waals surface area (Å²) in [5, 5.41) is 7.92. The zero-order chi connectivity index (χ0) is 18.5. The summed E-state index contributed by atoms with van der Waals surface area (Å²) in [5.74, 6) is 0.759. The van der Waals surface area contributed by atoms with Crippen molar-refractivity contribution in [3.05, 3.63) is 71.4 Å². The van der Waals surface area contributed by atoms with Crippen molar-refractivity contribution < 1.29 is 18.3 Å². The summed E-state index contributed by atoms with van der Waals surface area (Å²) in [7, 11) is 1.62. The smallest absolute Gasteiger partial charge is 0.277 e. The van der Waals surface area contributed by atoms with E-state index >= 15 is 0 Å². The molecule has 3 rings (SSSR count). The van der Waals surface area contributed by atoms with Gasteiger partial charge in [-0.1, -0.05) is 23.9 Å². The number of ether oxygens (including phenoxy) is 1. The van der Waals surface area contributed by atoms with Crippen LogP contribution in [0.1, 0.15) is 28.7 Å². The Labute approximate surface area is 154 Å². The average Bonchev–Trinajstić information content (AvgIpc) is 3.09. The Bertz CT molecular complexity index is 879. The summed E-state index contributed by atoms with van der Waals surface area (Å²) in [6.07, 6.45) is 0.498. The molecule has 26 heavy (non-hydrogen) atoms. The number of Topliss-reactive ketones (excluding diaryl/α,β-unsaturated/α-hetero) is 1. The number of rotatable bonds is 7. The summed E-state index contributed by atoms with van der Waals surface area (Å²) in [6.45, 7) is 1.75. The molecule has 3 aromatic rings. The van der Waals surface area contributed by atoms with Crippen LogP contribution in [-0.4, -0.2) is 28.3 Å². The Hall–Kier alpha value is -2.67. The van der Waals surface area contributed by atoms with Gasteiger partial charge in [0.2, 0.25) is 5.89 Å². The van der Waals surface area contributed by atoms with Crippen LogP contribution in [0.25, 0.3) is 0 Å². The molecular weight excluding hydrogens is 355 g/mol. The zero-order valence-corrected chi connectivity index (χ0v) is 15.1. The van der Waals surface area contributed by atoms with Crippen LogP contribution in [0.4, 0.5) is 4.39 Å². The highest BCUT2D eigenvalue weighted by Gasteiger charge is 2.20. The Morgan fingerprint density at radius 3 is 2.50 bits per heavy atom. The molecule has 1 unspecified atom stereocenters. The van der Waals surface area contributed by atoms with Crippen molar-refractivity contribution in [2.24, 2.45) is 0 Å². The summed E-state index contributed by atoms with van der Waals surface area (Å²) in [5.41, 5.74) is 1.46. The molecule has 0 aliphatic heterocycles. The first kappa shape index (κ1) is 18.1. The van der Waals surface area contributed by atoms with E-state index in [1.54, 1.807) is 14.0 Å². The zero-order valence-electron chi connectivity index (χ0n) is 14.3. The number of aromatic nitrogens is 2. The van der Waals surface area contributed by atoms with Gasteiger partial charge < -0.3 is 9.15 Å². The maximum atomic E-state index is 13.0. The van der Waals surface area contributed by atoms with E-state index in [0.29, 0.717) is 23.1 Å².